The lowest BCUT2D eigenvalue weighted by atomic mass is 9.78. The van der Waals surface area contributed by atoms with Gasteiger partial charge in [0.2, 0.25) is 5.88 Å². The van der Waals surface area contributed by atoms with Crippen LogP contribution in [0.3, 0.4) is 0 Å². The first-order chi connectivity index (χ1) is 15.4. The molecule has 0 unspecified atom stereocenters. The summed E-state index contributed by atoms with van der Waals surface area (Å²) >= 11 is 0. The quantitative estimate of drug-likeness (QED) is 0.600. The summed E-state index contributed by atoms with van der Waals surface area (Å²) in [5.74, 6) is 0.867. The summed E-state index contributed by atoms with van der Waals surface area (Å²) in [6, 6.07) is 13.4. The number of carbonyl (C=O) groups excluding carboxylic acids is 1. The second-order valence-electron chi connectivity index (χ2n) is 8.70. The first-order valence-corrected chi connectivity index (χ1v) is 10.7. The predicted molar refractivity (Wildman–Crippen MR) is 128 cm³/mol. The summed E-state index contributed by atoms with van der Waals surface area (Å²) in [5.41, 5.74) is 4.83. The Hall–Kier alpha value is -3.61. The number of ether oxygens (including phenoxy) is 1. The number of anilines is 3. The third-order valence-electron chi connectivity index (χ3n) is 5.99. The molecular weight excluding hydrogens is 402 g/mol. The van der Waals surface area contributed by atoms with Crippen molar-refractivity contribution in [2.24, 2.45) is 0 Å². The summed E-state index contributed by atoms with van der Waals surface area (Å²) in [6.07, 6.45) is 4.47. The van der Waals surface area contributed by atoms with Crippen LogP contribution >= 0.6 is 0 Å². The number of methoxy groups -OCH3 is 1. The van der Waals surface area contributed by atoms with Crippen molar-refractivity contribution in [3.8, 4) is 5.88 Å². The first-order valence-electron chi connectivity index (χ1n) is 10.7. The van der Waals surface area contributed by atoms with Crippen LogP contribution in [0.5, 0.6) is 5.88 Å². The zero-order valence-corrected chi connectivity index (χ0v) is 19.0. The van der Waals surface area contributed by atoms with Crippen molar-refractivity contribution in [1.82, 2.24) is 9.97 Å². The van der Waals surface area contributed by atoms with Gasteiger partial charge in [0.05, 0.1) is 12.7 Å². The maximum Gasteiger partial charge on any atom is 0.259 e. The van der Waals surface area contributed by atoms with Gasteiger partial charge >= 0.3 is 0 Å². The molecule has 3 aromatic rings. The minimum Gasteiger partial charge on any atom is -0.481 e. The van der Waals surface area contributed by atoms with Crippen molar-refractivity contribution in [1.29, 1.82) is 0 Å². The summed E-state index contributed by atoms with van der Waals surface area (Å²) in [7, 11) is 3.68. The fraction of sp³-hybridized carbons (Fsp3) is 0.320. The van der Waals surface area contributed by atoms with Crippen LogP contribution in [0.25, 0.3) is 0 Å². The largest absolute Gasteiger partial charge is 0.481 e. The number of aromatic nitrogens is 2. The summed E-state index contributed by atoms with van der Waals surface area (Å²) in [6.45, 7) is 6.02. The monoisotopic (exact) mass is 431 g/mol. The third kappa shape index (κ3) is 4.51. The van der Waals surface area contributed by atoms with E-state index >= 15 is 0 Å². The van der Waals surface area contributed by atoms with E-state index in [4.69, 9.17) is 4.74 Å². The molecule has 3 heterocycles. The number of pyridine rings is 2. The fourth-order valence-corrected chi connectivity index (χ4v) is 3.99. The molecule has 1 aromatic carbocycles. The zero-order valence-electron chi connectivity index (χ0n) is 19.0. The van der Waals surface area contributed by atoms with Gasteiger partial charge in [-0.3, -0.25) is 4.79 Å². The van der Waals surface area contributed by atoms with Crippen molar-refractivity contribution >= 4 is 23.1 Å². The van der Waals surface area contributed by atoms with Gasteiger partial charge in [-0.15, -0.1) is 0 Å². The Kier molecular flexibility index (Phi) is 5.99. The molecule has 0 saturated heterocycles. The van der Waals surface area contributed by atoms with E-state index in [1.165, 1.54) is 5.56 Å². The minimum atomic E-state index is -0.203. The number of hydrogen-bond acceptors (Lipinski definition) is 6. The SMILES string of the molecule is COc1cc(CNc2ncccc2C(=O)Nc2ccc3c(c2)N(C)CCC3(C)C)ccn1. The summed E-state index contributed by atoms with van der Waals surface area (Å²) in [5, 5.41) is 6.29. The van der Waals surface area contributed by atoms with Crippen molar-refractivity contribution in [3.63, 3.8) is 0 Å². The van der Waals surface area contributed by atoms with Gasteiger partial charge in [-0.1, -0.05) is 19.9 Å². The van der Waals surface area contributed by atoms with Crippen molar-refractivity contribution in [2.75, 3.05) is 36.2 Å². The Morgan fingerprint density at radius 1 is 1.16 bits per heavy atom. The van der Waals surface area contributed by atoms with Gasteiger partial charge in [0.25, 0.3) is 5.91 Å². The molecule has 0 radical (unpaired) electrons. The Morgan fingerprint density at radius 3 is 2.81 bits per heavy atom. The van der Waals surface area contributed by atoms with E-state index in [9.17, 15) is 4.79 Å². The lowest BCUT2D eigenvalue weighted by molar-refractivity contribution is 0.102. The minimum absolute atomic E-state index is 0.125. The molecule has 0 saturated carbocycles. The molecule has 32 heavy (non-hydrogen) atoms. The number of fused-ring (bicyclic) bond motifs is 1. The maximum absolute atomic E-state index is 13.1. The van der Waals surface area contributed by atoms with Crippen LogP contribution in [0, 0.1) is 0 Å². The Morgan fingerprint density at radius 2 is 2.00 bits per heavy atom. The van der Waals surface area contributed by atoms with E-state index in [0.29, 0.717) is 23.8 Å². The summed E-state index contributed by atoms with van der Waals surface area (Å²) < 4.78 is 5.17. The fourth-order valence-electron chi connectivity index (χ4n) is 3.99. The molecule has 0 spiro atoms. The highest BCUT2D eigenvalue weighted by Crippen LogP contribution is 2.40. The van der Waals surface area contributed by atoms with Crippen LogP contribution in [0.2, 0.25) is 0 Å². The number of hydrogen-bond donors (Lipinski definition) is 2. The van der Waals surface area contributed by atoms with Gasteiger partial charge in [-0.25, -0.2) is 9.97 Å². The average Bonchev–Trinajstić information content (AvgIpc) is 2.80. The number of rotatable bonds is 6. The zero-order chi connectivity index (χ0) is 22.7. The number of nitrogens with zero attached hydrogens (tertiary/aromatic N) is 3. The molecule has 7 heteroatoms. The van der Waals surface area contributed by atoms with E-state index in [1.807, 2.05) is 18.2 Å². The van der Waals surface area contributed by atoms with Crippen LogP contribution in [-0.4, -0.2) is 36.6 Å². The van der Waals surface area contributed by atoms with Gasteiger partial charge in [0.15, 0.2) is 0 Å². The molecule has 1 aliphatic rings. The molecule has 2 aromatic heterocycles. The molecule has 0 fully saturated rings. The Bertz CT molecular complexity index is 1130. The molecule has 1 aliphatic heterocycles. The Labute approximate surface area is 188 Å². The molecule has 4 rings (SSSR count). The van der Waals surface area contributed by atoms with Crippen molar-refractivity contribution < 1.29 is 9.53 Å². The van der Waals surface area contributed by atoms with Crippen LogP contribution in [0.15, 0.2) is 54.9 Å². The number of amides is 1. The second kappa shape index (κ2) is 8.86. The maximum atomic E-state index is 13.1. The molecule has 0 atom stereocenters. The summed E-state index contributed by atoms with van der Waals surface area (Å²) in [4.78, 5) is 23.8. The highest BCUT2D eigenvalue weighted by atomic mass is 16.5. The molecule has 166 valence electrons. The van der Waals surface area contributed by atoms with Crippen molar-refractivity contribution in [2.45, 2.75) is 32.2 Å². The van der Waals surface area contributed by atoms with Crippen LogP contribution < -0.4 is 20.3 Å². The average molecular weight is 432 g/mol. The van der Waals surface area contributed by atoms with Crippen LogP contribution in [0.1, 0.15) is 41.8 Å². The second-order valence-corrected chi connectivity index (χ2v) is 8.70. The van der Waals surface area contributed by atoms with Gasteiger partial charge in [0, 0.05) is 50.0 Å². The molecule has 1 amide bonds. The molecule has 0 bridgehead atoms. The number of carbonyl (C=O) groups is 1. The highest BCUT2D eigenvalue weighted by molar-refractivity contribution is 6.07. The topological polar surface area (TPSA) is 79.4 Å². The van der Waals surface area contributed by atoms with E-state index in [0.717, 1.165) is 29.9 Å². The third-order valence-corrected chi connectivity index (χ3v) is 5.99. The van der Waals surface area contributed by atoms with E-state index in [-0.39, 0.29) is 11.3 Å². The smallest absolute Gasteiger partial charge is 0.259 e. The van der Waals surface area contributed by atoms with Gasteiger partial charge in [-0.05, 0) is 53.3 Å². The highest BCUT2D eigenvalue weighted by Gasteiger charge is 2.30. The molecule has 7 nitrogen and oxygen atoms in total. The van der Waals surface area contributed by atoms with Crippen molar-refractivity contribution in [3.05, 3.63) is 71.5 Å². The molecule has 2 N–H and O–H groups in total. The van der Waals surface area contributed by atoms with Crippen LogP contribution in [-0.2, 0) is 12.0 Å². The van der Waals surface area contributed by atoms with Gasteiger partial charge < -0.3 is 20.3 Å². The number of nitrogens with one attached hydrogen (secondary N) is 2. The van der Waals surface area contributed by atoms with E-state index in [1.54, 1.807) is 31.6 Å². The normalized spacial score (nSPS) is 14.4. The Balaban J connectivity index is 1.51. The van der Waals surface area contributed by atoms with E-state index < -0.39 is 0 Å². The standard InChI is InChI=1S/C25H29N5O2/c1-25(2)10-13-30(3)21-15-18(7-8-20(21)25)29-24(31)19-6-5-11-27-23(19)28-16-17-9-12-26-22(14-17)32-4/h5-9,11-12,14-15H,10,13,16H2,1-4H3,(H,27,28)(H,29,31). The number of benzene rings is 1. The first kappa shape index (κ1) is 21.6. The predicted octanol–water partition coefficient (Wildman–Crippen LogP) is 4.47. The molecule has 0 aliphatic carbocycles. The lowest BCUT2D eigenvalue weighted by Crippen LogP contribution is -2.34. The van der Waals surface area contributed by atoms with Crippen LogP contribution in [0.4, 0.5) is 17.2 Å². The van der Waals surface area contributed by atoms with Gasteiger partial charge in [0.1, 0.15) is 5.82 Å². The van der Waals surface area contributed by atoms with E-state index in [2.05, 4.69) is 58.5 Å². The molecular formula is C25H29N5O2. The lowest BCUT2D eigenvalue weighted by Gasteiger charge is -2.38. The van der Waals surface area contributed by atoms with Gasteiger partial charge in [-0.2, -0.15) is 0 Å².